The molecule has 0 aliphatic carbocycles. The molecule has 0 radical (unpaired) electrons. The fourth-order valence-electron chi connectivity index (χ4n) is 4.92. The van der Waals surface area contributed by atoms with E-state index in [0.29, 0.717) is 5.92 Å². The molecule has 0 aromatic heterocycles. The Kier molecular flexibility index (Phi) is 5.98. The molecule has 2 aromatic rings. The van der Waals surface area contributed by atoms with Gasteiger partial charge in [0.15, 0.2) is 0 Å². The van der Waals surface area contributed by atoms with E-state index in [4.69, 9.17) is 4.74 Å². The molecular formula is C25H32N4O2. The fraction of sp³-hybridized carbons (Fsp3) is 0.480. The zero-order chi connectivity index (χ0) is 21.0. The maximum atomic E-state index is 12.7. The summed E-state index contributed by atoms with van der Waals surface area (Å²) in [5.41, 5.74) is 3.95. The number of rotatable bonds is 5. The van der Waals surface area contributed by atoms with Crippen molar-refractivity contribution in [3.63, 3.8) is 0 Å². The average Bonchev–Trinajstić information content (AvgIpc) is 3.48. The normalized spacial score (nSPS) is 21.1. The van der Waals surface area contributed by atoms with Crippen LogP contribution in [0, 0.1) is 5.92 Å². The van der Waals surface area contributed by atoms with Crippen molar-refractivity contribution < 1.29 is 9.53 Å². The molecule has 1 N–H and O–H groups in total. The van der Waals surface area contributed by atoms with Gasteiger partial charge in [0.05, 0.1) is 6.61 Å². The quantitative estimate of drug-likeness (QED) is 0.808. The Morgan fingerprint density at radius 1 is 1.03 bits per heavy atom. The van der Waals surface area contributed by atoms with Gasteiger partial charge in [-0.3, -0.25) is 4.90 Å². The summed E-state index contributed by atoms with van der Waals surface area (Å²) < 4.78 is 5.60. The molecule has 2 amide bonds. The number of anilines is 1. The molecule has 5 rings (SSSR count). The van der Waals surface area contributed by atoms with Gasteiger partial charge in [-0.15, -0.1) is 0 Å². The van der Waals surface area contributed by atoms with Crippen LogP contribution in [-0.4, -0.2) is 68.3 Å². The third-order valence-electron chi connectivity index (χ3n) is 6.77. The lowest BCUT2D eigenvalue weighted by molar-refractivity contribution is 0.134. The monoisotopic (exact) mass is 420 g/mol. The first kappa shape index (κ1) is 20.2. The maximum Gasteiger partial charge on any atom is 0.317 e. The second kappa shape index (κ2) is 9.18. The Bertz CT molecular complexity index is 896. The molecule has 3 aliphatic rings. The summed E-state index contributed by atoms with van der Waals surface area (Å²) in [5, 5.41) is 3.19. The number of ether oxygens (including phenoxy) is 1. The van der Waals surface area contributed by atoms with Gasteiger partial charge in [-0.05, 0) is 41.7 Å². The molecule has 164 valence electrons. The number of para-hydroxylation sites is 1. The topological polar surface area (TPSA) is 48.1 Å². The Morgan fingerprint density at radius 2 is 1.87 bits per heavy atom. The van der Waals surface area contributed by atoms with Crippen molar-refractivity contribution in [3.8, 4) is 5.75 Å². The summed E-state index contributed by atoms with van der Waals surface area (Å²) in [4.78, 5) is 19.5. The lowest BCUT2D eigenvalue weighted by atomic mass is 10.1. The van der Waals surface area contributed by atoms with E-state index in [-0.39, 0.29) is 6.03 Å². The predicted molar refractivity (Wildman–Crippen MR) is 123 cm³/mol. The van der Waals surface area contributed by atoms with E-state index in [2.05, 4.69) is 63.6 Å². The lowest BCUT2D eigenvalue weighted by Crippen LogP contribution is -2.52. The van der Waals surface area contributed by atoms with Crippen molar-refractivity contribution in [2.45, 2.75) is 19.4 Å². The summed E-state index contributed by atoms with van der Waals surface area (Å²) in [7, 11) is 0. The summed E-state index contributed by atoms with van der Waals surface area (Å²) in [6, 6.07) is 17.2. The Labute approximate surface area is 184 Å². The van der Waals surface area contributed by atoms with Crippen LogP contribution in [-0.2, 0) is 13.0 Å². The van der Waals surface area contributed by atoms with Crippen molar-refractivity contribution in [3.05, 3.63) is 59.7 Å². The van der Waals surface area contributed by atoms with Gasteiger partial charge in [-0.1, -0.05) is 30.3 Å². The minimum absolute atomic E-state index is 0.0903. The molecule has 3 aliphatic heterocycles. The summed E-state index contributed by atoms with van der Waals surface area (Å²) >= 11 is 0. The first-order chi connectivity index (χ1) is 15.2. The second-order valence-corrected chi connectivity index (χ2v) is 8.93. The van der Waals surface area contributed by atoms with E-state index in [1.807, 2.05) is 4.90 Å². The van der Waals surface area contributed by atoms with Crippen molar-refractivity contribution in [1.29, 1.82) is 0 Å². The Hall–Kier alpha value is -2.73. The van der Waals surface area contributed by atoms with Crippen LogP contribution in [0.15, 0.2) is 48.5 Å². The molecule has 6 heteroatoms. The van der Waals surface area contributed by atoms with Crippen LogP contribution >= 0.6 is 0 Å². The molecule has 0 bridgehead atoms. The molecule has 0 saturated carbocycles. The van der Waals surface area contributed by atoms with Crippen molar-refractivity contribution >= 4 is 11.7 Å². The molecule has 6 nitrogen and oxygen atoms in total. The highest BCUT2D eigenvalue weighted by atomic mass is 16.5. The number of hydrogen-bond donors (Lipinski definition) is 1. The highest BCUT2D eigenvalue weighted by molar-refractivity contribution is 5.74. The number of carbonyl (C=O) groups is 1. The van der Waals surface area contributed by atoms with E-state index >= 15 is 0 Å². The van der Waals surface area contributed by atoms with Gasteiger partial charge in [-0.25, -0.2) is 4.79 Å². The number of amides is 2. The molecule has 1 atom stereocenters. The standard InChI is InChI=1S/C25H32N4O2/c30-25(26-17-21-8-10-29(19-21)23-4-2-1-3-5-23)28-13-11-27(12-14-28)18-20-6-7-24-22(16-20)9-15-31-24/h1-7,16,21H,8-15,17-19H2,(H,26,30). The molecule has 2 saturated heterocycles. The number of nitrogens with one attached hydrogen (secondary N) is 1. The van der Waals surface area contributed by atoms with Gasteiger partial charge in [0.1, 0.15) is 5.75 Å². The summed E-state index contributed by atoms with van der Waals surface area (Å²) in [5.74, 6) is 1.56. The first-order valence-corrected chi connectivity index (χ1v) is 11.5. The number of fused-ring (bicyclic) bond motifs is 1. The highest BCUT2D eigenvalue weighted by Gasteiger charge is 2.25. The van der Waals surface area contributed by atoms with E-state index in [1.54, 1.807) is 0 Å². The van der Waals surface area contributed by atoms with Gasteiger partial charge in [0.2, 0.25) is 0 Å². The summed E-state index contributed by atoms with van der Waals surface area (Å²) in [6.07, 6.45) is 2.15. The zero-order valence-electron chi connectivity index (χ0n) is 18.1. The number of piperazine rings is 1. The van der Waals surface area contributed by atoms with Gasteiger partial charge >= 0.3 is 6.03 Å². The lowest BCUT2D eigenvalue weighted by Gasteiger charge is -2.35. The Balaban J connectivity index is 1.04. The van der Waals surface area contributed by atoms with Crippen LogP contribution in [0.1, 0.15) is 17.5 Å². The molecule has 2 fully saturated rings. The molecule has 2 aromatic carbocycles. The first-order valence-electron chi connectivity index (χ1n) is 11.5. The van der Waals surface area contributed by atoms with Crippen LogP contribution in [0.3, 0.4) is 0 Å². The van der Waals surface area contributed by atoms with Gasteiger partial charge in [-0.2, -0.15) is 0 Å². The fourth-order valence-corrected chi connectivity index (χ4v) is 4.92. The molecule has 3 heterocycles. The Morgan fingerprint density at radius 3 is 2.71 bits per heavy atom. The largest absolute Gasteiger partial charge is 0.493 e. The number of carbonyl (C=O) groups excluding carboxylic acids is 1. The van der Waals surface area contributed by atoms with Crippen molar-refractivity contribution in [2.24, 2.45) is 5.92 Å². The predicted octanol–water partition coefficient (Wildman–Crippen LogP) is 2.98. The number of benzene rings is 2. The third kappa shape index (κ3) is 4.79. The minimum Gasteiger partial charge on any atom is -0.493 e. The molecule has 31 heavy (non-hydrogen) atoms. The number of nitrogens with zero attached hydrogens (tertiary/aromatic N) is 3. The van der Waals surface area contributed by atoms with Gasteiger partial charge in [0, 0.05) is 64.5 Å². The van der Waals surface area contributed by atoms with E-state index in [9.17, 15) is 4.79 Å². The number of urea groups is 1. The molecule has 0 spiro atoms. The summed E-state index contributed by atoms with van der Waals surface area (Å²) in [6.45, 7) is 8.03. The second-order valence-electron chi connectivity index (χ2n) is 8.93. The highest BCUT2D eigenvalue weighted by Crippen LogP contribution is 2.26. The zero-order valence-corrected chi connectivity index (χ0v) is 18.1. The smallest absolute Gasteiger partial charge is 0.317 e. The van der Waals surface area contributed by atoms with E-state index < -0.39 is 0 Å². The minimum atomic E-state index is 0.0903. The van der Waals surface area contributed by atoms with Gasteiger partial charge < -0.3 is 19.9 Å². The molecule has 1 unspecified atom stereocenters. The number of hydrogen-bond acceptors (Lipinski definition) is 4. The van der Waals surface area contributed by atoms with Crippen LogP contribution in [0.25, 0.3) is 0 Å². The van der Waals surface area contributed by atoms with Crippen molar-refractivity contribution in [2.75, 3.05) is 57.3 Å². The van der Waals surface area contributed by atoms with Gasteiger partial charge in [0.25, 0.3) is 0 Å². The van der Waals surface area contributed by atoms with E-state index in [1.165, 1.54) is 16.8 Å². The van der Waals surface area contributed by atoms with Crippen LogP contribution in [0.5, 0.6) is 5.75 Å². The van der Waals surface area contributed by atoms with E-state index in [0.717, 1.165) is 77.6 Å². The SMILES string of the molecule is O=C(NCC1CCN(c2ccccc2)C1)N1CCN(Cc2ccc3c(c2)CCO3)CC1. The average molecular weight is 421 g/mol. The maximum absolute atomic E-state index is 12.7. The van der Waals surface area contributed by atoms with Crippen LogP contribution < -0.4 is 15.0 Å². The third-order valence-corrected chi connectivity index (χ3v) is 6.77. The van der Waals surface area contributed by atoms with Crippen LogP contribution in [0.4, 0.5) is 10.5 Å². The van der Waals surface area contributed by atoms with Crippen LogP contribution in [0.2, 0.25) is 0 Å². The molecular weight excluding hydrogens is 388 g/mol. The van der Waals surface area contributed by atoms with Crippen molar-refractivity contribution in [1.82, 2.24) is 15.1 Å².